The molecule has 0 spiro atoms. The fourth-order valence-electron chi connectivity index (χ4n) is 0.492. The van der Waals surface area contributed by atoms with Gasteiger partial charge in [0.1, 0.15) is 0 Å². The van der Waals surface area contributed by atoms with Gasteiger partial charge in [0.25, 0.3) is 0 Å². The van der Waals surface area contributed by atoms with E-state index in [1.807, 2.05) is 6.92 Å². The number of hydrogen-bond donors (Lipinski definition) is 2. The highest BCUT2D eigenvalue weighted by Gasteiger charge is 1.93. The number of rotatable bonds is 4. The van der Waals surface area contributed by atoms with Crippen LogP contribution in [-0.2, 0) is 0 Å². The summed E-state index contributed by atoms with van der Waals surface area (Å²) in [6.07, 6.45) is 1.04. The van der Waals surface area contributed by atoms with Gasteiger partial charge in [-0.1, -0.05) is 22.6 Å². The van der Waals surface area contributed by atoms with Crippen molar-refractivity contribution in [3.8, 4) is 0 Å². The van der Waals surface area contributed by atoms with Crippen molar-refractivity contribution in [2.45, 2.75) is 13.3 Å². The molecule has 0 radical (unpaired) electrons. The van der Waals surface area contributed by atoms with Crippen molar-refractivity contribution in [3.05, 3.63) is 0 Å². The Bertz CT molecular complexity index is 97.7. The SMILES string of the molecule is CCNC(=O)NCCCI. The minimum atomic E-state index is -0.0626. The molecular formula is C6H13IN2O. The Kier molecular flexibility index (Phi) is 7.11. The maximum Gasteiger partial charge on any atom is 0.314 e. The van der Waals surface area contributed by atoms with Crippen molar-refractivity contribution in [3.63, 3.8) is 0 Å². The van der Waals surface area contributed by atoms with E-state index in [1.54, 1.807) is 0 Å². The summed E-state index contributed by atoms with van der Waals surface area (Å²) >= 11 is 2.28. The molecule has 0 aliphatic carbocycles. The minimum absolute atomic E-state index is 0.0626. The Morgan fingerprint density at radius 2 is 2.20 bits per heavy atom. The molecule has 0 atom stereocenters. The number of hydrogen-bond acceptors (Lipinski definition) is 1. The van der Waals surface area contributed by atoms with Gasteiger partial charge in [0.2, 0.25) is 0 Å². The molecule has 0 fully saturated rings. The van der Waals surface area contributed by atoms with E-state index in [2.05, 4.69) is 33.2 Å². The predicted octanol–water partition coefficient (Wildman–Crippen LogP) is 1.13. The number of carbonyl (C=O) groups excluding carboxylic acids is 1. The second-order valence-electron chi connectivity index (χ2n) is 1.83. The number of nitrogens with one attached hydrogen (secondary N) is 2. The highest BCUT2D eigenvalue weighted by atomic mass is 127. The number of carbonyl (C=O) groups is 1. The number of halogens is 1. The zero-order valence-corrected chi connectivity index (χ0v) is 8.27. The molecule has 0 heterocycles. The molecule has 3 nitrogen and oxygen atoms in total. The summed E-state index contributed by atoms with van der Waals surface area (Å²) in [5, 5.41) is 5.38. The van der Waals surface area contributed by atoms with E-state index in [0.29, 0.717) is 6.54 Å². The standard InChI is InChI=1S/C6H13IN2O/c1-2-8-6(10)9-5-3-4-7/h2-5H2,1H3,(H2,8,9,10). The van der Waals surface area contributed by atoms with Crippen molar-refractivity contribution in [2.24, 2.45) is 0 Å². The summed E-state index contributed by atoms with van der Waals surface area (Å²) in [6, 6.07) is -0.0626. The highest BCUT2D eigenvalue weighted by Crippen LogP contribution is 1.84. The number of urea groups is 1. The van der Waals surface area contributed by atoms with Gasteiger partial charge in [-0.05, 0) is 13.3 Å². The van der Waals surface area contributed by atoms with Crippen LogP contribution in [0.25, 0.3) is 0 Å². The van der Waals surface area contributed by atoms with Gasteiger partial charge < -0.3 is 10.6 Å². The van der Waals surface area contributed by atoms with Crippen LogP contribution in [0.3, 0.4) is 0 Å². The Labute approximate surface area is 75.1 Å². The third kappa shape index (κ3) is 6.12. The molecule has 0 aliphatic rings. The van der Waals surface area contributed by atoms with Gasteiger partial charge in [0.05, 0.1) is 0 Å². The van der Waals surface area contributed by atoms with Gasteiger partial charge in [-0.15, -0.1) is 0 Å². The number of alkyl halides is 1. The first-order chi connectivity index (χ1) is 4.81. The lowest BCUT2D eigenvalue weighted by molar-refractivity contribution is 0.241. The quantitative estimate of drug-likeness (QED) is 0.442. The molecule has 2 amide bonds. The largest absolute Gasteiger partial charge is 0.338 e. The molecule has 0 saturated carbocycles. The molecule has 0 aromatic heterocycles. The Hall–Kier alpha value is 0. The predicted molar refractivity (Wildman–Crippen MR) is 50.6 cm³/mol. The molecule has 4 heteroatoms. The molecule has 0 bridgehead atoms. The van der Waals surface area contributed by atoms with E-state index in [-0.39, 0.29) is 6.03 Å². The van der Waals surface area contributed by atoms with Crippen LogP contribution in [0, 0.1) is 0 Å². The summed E-state index contributed by atoms with van der Waals surface area (Å²) in [5.74, 6) is 0. The van der Waals surface area contributed by atoms with Crippen molar-refractivity contribution in [1.82, 2.24) is 10.6 Å². The van der Waals surface area contributed by atoms with Crippen molar-refractivity contribution in [2.75, 3.05) is 17.5 Å². The lowest BCUT2D eigenvalue weighted by Crippen LogP contribution is -2.35. The van der Waals surface area contributed by atoms with Gasteiger partial charge in [0, 0.05) is 17.5 Å². The molecule has 0 aromatic rings. The van der Waals surface area contributed by atoms with Crippen LogP contribution < -0.4 is 10.6 Å². The fraction of sp³-hybridized carbons (Fsp3) is 0.833. The lowest BCUT2D eigenvalue weighted by Gasteiger charge is -2.02. The van der Waals surface area contributed by atoms with Crippen LogP contribution in [0.4, 0.5) is 4.79 Å². The van der Waals surface area contributed by atoms with Crippen LogP contribution in [-0.4, -0.2) is 23.5 Å². The van der Waals surface area contributed by atoms with Gasteiger partial charge in [0.15, 0.2) is 0 Å². The third-order valence-electron chi connectivity index (χ3n) is 0.933. The van der Waals surface area contributed by atoms with Crippen LogP contribution in [0.5, 0.6) is 0 Å². The second-order valence-corrected chi connectivity index (χ2v) is 2.91. The highest BCUT2D eigenvalue weighted by molar-refractivity contribution is 14.1. The smallest absolute Gasteiger partial charge is 0.314 e. The zero-order valence-electron chi connectivity index (χ0n) is 6.11. The first-order valence-electron chi connectivity index (χ1n) is 3.39. The lowest BCUT2D eigenvalue weighted by atomic mass is 10.5. The van der Waals surface area contributed by atoms with E-state index in [0.717, 1.165) is 17.4 Å². The van der Waals surface area contributed by atoms with Gasteiger partial charge in [-0.25, -0.2) is 4.79 Å². The molecular weight excluding hydrogens is 243 g/mol. The first-order valence-corrected chi connectivity index (χ1v) is 4.91. The van der Waals surface area contributed by atoms with Crippen molar-refractivity contribution < 1.29 is 4.79 Å². The fourth-order valence-corrected chi connectivity index (χ4v) is 0.873. The molecule has 0 rings (SSSR count). The molecule has 0 saturated heterocycles. The first kappa shape index (κ1) is 10.0. The Morgan fingerprint density at radius 1 is 1.50 bits per heavy atom. The van der Waals surface area contributed by atoms with Gasteiger partial charge in [-0.3, -0.25) is 0 Å². The third-order valence-corrected chi connectivity index (χ3v) is 1.70. The van der Waals surface area contributed by atoms with E-state index < -0.39 is 0 Å². The van der Waals surface area contributed by atoms with E-state index in [9.17, 15) is 4.79 Å². The van der Waals surface area contributed by atoms with E-state index >= 15 is 0 Å². The van der Waals surface area contributed by atoms with Gasteiger partial charge in [-0.2, -0.15) is 0 Å². The van der Waals surface area contributed by atoms with E-state index in [4.69, 9.17) is 0 Å². The molecule has 60 valence electrons. The average Bonchev–Trinajstić information content (AvgIpc) is 1.89. The van der Waals surface area contributed by atoms with Gasteiger partial charge >= 0.3 is 6.03 Å². The van der Waals surface area contributed by atoms with E-state index in [1.165, 1.54) is 0 Å². The van der Waals surface area contributed by atoms with Crippen molar-refractivity contribution >= 4 is 28.6 Å². The summed E-state index contributed by atoms with van der Waals surface area (Å²) in [7, 11) is 0. The molecule has 0 aromatic carbocycles. The van der Waals surface area contributed by atoms with Crippen LogP contribution >= 0.6 is 22.6 Å². The maximum atomic E-state index is 10.7. The average molecular weight is 256 g/mol. The molecule has 2 N–H and O–H groups in total. The summed E-state index contributed by atoms with van der Waals surface area (Å²) < 4.78 is 1.09. The summed E-state index contributed by atoms with van der Waals surface area (Å²) in [6.45, 7) is 3.36. The topological polar surface area (TPSA) is 41.1 Å². The zero-order chi connectivity index (χ0) is 7.82. The normalized spacial score (nSPS) is 9.00. The van der Waals surface area contributed by atoms with Crippen molar-refractivity contribution in [1.29, 1.82) is 0 Å². The van der Waals surface area contributed by atoms with Crippen LogP contribution in [0.2, 0.25) is 0 Å². The molecule has 0 unspecified atom stereocenters. The molecule has 10 heavy (non-hydrogen) atoms. The Morgan fingerprint density at radius 3 is 2.70 bits per heavy atom. The Balaban J connectivity index is 3.05. The monoisotopic (exact) mass is 256 g/mol. The maximum absolute atomic E-state index is 10.7. The molecule has 0 aliphatic heterocycles. The van der Waals surface area contributed by atoms with Crippen LogP contribution in [0.15, 0.2) is 0 Å². The second kappa shape index (κ2) is 7.11. The van der Waals surface area contributed by atoms with Crippen LogP contribution in [0.1, 0.15) is 13.3 Å². The summed E-state index contributed by atoms with van der Waals surface area (Å²) in [4.78, 5) is 10.7. The minimum Gasteiger partial charge on any atom is -0.338 e. The summed E-state index contributed by atoms with van der Waals surface area (Å²) in [5.41, 5.74) is 0. The number of amides is 2.